The second kappa shape index (κ2) is 6.25. The minimum Gasteiger partial charge on any atom is -0.427 e. The molecule has 2 aromatic rings. The van der Waals surface area contributed by atoms with Gasteiger partial charge in [-0.15, -0.1) is 0 Å². The molecule has 0 saturated carbocycles. The summed E-state index contributed by atoms with van der Waals surface area (Å²) in [5.41, 5.74) is 6.58. The molecule has 0 fully saturated rings. The van der Waals surface area contributed by atoms with Gasteiger partial charge in [0.2, 0.25) is 0 Å². The maximum Gasteiger partial charge on any atom is 0.308 e. The standard InChI is InChI=1S/C15H17N3O3S/c1-9(19)21-11-6-4-10(5-7-11)14(20)17-13-8-12(18-22-13)15(2,3)16/h4-8H,16H2,1-3H3,(H,17,20). The smallest absolute Gasteiger partial charge is 0.308 e. The number of ether oxygens (including phenoxy) is 1. The van der Waals surface area contributed by atoms with E-state index in [1.165, 1.54) is 18.5 Å². The Morgan fingerprint density at radius 2 is 1.91 bits per heavy atom. The molecule has 1 aromatic heterocycles. The normalized spacial score (nSPS) is 11.1. The quantitative estimate of drug-likeness (QED) is 0.667. The van der Waals surface area contributed by atoms with Crippen LogP contribution < -0.4 is 15.8 Å². The van der Waals surface area contributed by atoms with Crippen molar-refractivity contribution in [2.75, 3.05) is 5.32 Å². The van der Waals surface area contributed by atoms with E-state index in [1.54, 1.807) is 30.3 Å². The Morgan fingerprint density at radius 1 is 1.27 bits per heavy atom. The van der Waals surface area contributed by atoms with Crippen molar-refractivity contribution in [3.8, 4) is 5.75 Å². The molecule has 7 heteroatoms. The summed E-state index contributed by atoms with van der Waals surface area (Å²) in [7, 11) is 0. The fourth-order valence-electron chi connectivity index (χ4n) is 1.66. The highest BCUT2D eigenvalue weighted by Gasteiger charge is 2.19. The molecule has 22 heavy (non-hydrogen) atoms. The van der Waals surface area contributed by atoms with E-state index >= 15 is 0 Å². The Hall–Kier alpha value is -2.25. The van der Waals surface area contributed by atoms with Crippen LogP contribution in [0.4, 0.5) is 5.00 Å². The number of benzene rings is 1. The van der Waals surface area contributed by atoms with Crippen LogP contribution in [0.3, 0.4) is 0 Å². The number of esters is 1. The molecule has 0 aliphatic carbocycles. The summed E-state index contributed by atoms with van der Waals surface area (Å²) in [5, 5.41) is 3.39. The summed E-state index contributed by atoms with van der Waals surface area (Å²) in [6.07, 6.45) is 0. The first-order chi connectivity index (χ1) is 10.3. The van der Waals surface area contributed by atoms with Crippen molar-refractivity contribution < 1.29 is 14.3 Å². The molecule has 0 aliphatic rings. The van der Waals surface area contributed by atoms with Crippen LogP contribution >= 0.6 is 11.5 Å². The molecule has 0 spiro atoms. The third-order valence-corrected chi connectivity index (χ3v) is 3.49. The fourth-order valence-corrected chi connectivity index (χ4v) is 2.45. The summed E-state index contributed by atoms with van der Waals surface area (Å²) in [6, 6.07) is 8.06. The van der Waals surface area contributed by atoms with Crippen molar-refractivity contribution in [1.29, 1.82) is 0 Å². The zero-order chi connectivity index (χ0) is 16.3. The Morgan fingerprint density at radius 3 is 2.41 bits per heavy atom. The molecule has 1 aromatic carbocycles. The molecule has 3 N–H and O–H groups in total. The average molecular weight is 319 g/mol. The average Bonchev–Trinajstić information content (AvgIpc) is 2.87. The monoisotopic (exact) mass is 319 g/mol. The van der Waals surface area contributed by atoms with E-state index in [0.717, 1.165) is 5.69 Å². The second-order valence-electron chi connectivity index (χ2n) is 5.37. The van der Waals surface area contributed by atoms with E-state index in [-0.39, 0.29) is 5.91 Å². The van der Waals surface area contributed by atoms with E-state index in [4.69, 9.17) is 10.5 Å². The summed E-state index contributed by atoms with van der Waals surface area (Å²) < 4.78 is 9.14. The van der Waals surface area contributed by atoms with Crippen molar-refractivity contribution in [2.45, 2.75) is 26.3 Å². The van der Waals surface area contributed by atoms with Crippen LogP contribution in [0.5, 0.6) is 5.75 Å². The van der Waals surface area contributed by atoms with Crippen LogP contribution in [-0.2, 0) is 10.3 Å². The van der Waals surface area contributed by atoms with Gasteiger partial charge in [0.15, 0.2) is 0 Å². The lowest BCUT2D eigenvalue weighted by molar-refractivity contribution is -0.131. The lowest BCUT2D eigenvalue weighted by atomic mass is 10.0. The van der Waals surface area contributed by atoms with E-state index in [0.29, 0.717) is 16.3 Å². The van der Waals surface area contributed by atoms with Gasteiger partial charge in [-0.2, -0.15) is 4.37 Å². The summed E-state index contributed by atoms with van der Waals surface area (Å²) in [4.78, 5) is 23.0. The Balaban J connectivity index is 2.06. The van der Waals surface area contributed by atoms with Crippen LogP contribution in [0.15, 0.2) is 30.3 Å². The molecular weight excluding hydrogens is 302 g/mol. The second-order valence-corrected chi connectivity index (χ2v) is 6.18. The molecule has 0 aliphatic heterocycles. The molecular formula is C15H17N3O3S. The largest absolute Gasteiger partial charge is 0.427 e. The first-order valence-electron chi connectivity index (χ1n) is 6.61. The maximum atomic E-state index is 12.1. The zero-order valence-corrected chi connectivity index (χ0v) is 13.4. The third kappa shape index (κ3) is 4.12. The topological polar surface area (TPSA) is 94.3 Å². The minimum absolute atomic E-state index is 0.264. The number of carbonyl (C=O) groups excluding carboxylic acids is 2. The molecule has 2 rings (SSSR count). The number of carbonyl (C=O) groups is 2. The number of nitrogens with two attached hydrogens (primary N) is 1. The fraction of sp³-hybridized carbons (Fsp3) is 0.267. The summed E-state index contributed by atoms with van der Waals surface area (Å²) >= 11 is 1.18. The number of hydrogen-bond acceptors (Lipinski definition) is 6. The summed E-state index contributed by atoms with van der Waals surface area (Å²) in [5.74, 6) is -0.271. The van der Waals surface area contributed by atoms with E-state index in [1.807, 2.05) is 13.8 Å². The molecule has 0 atom stereocenters. The van der Waals surface area contributed by atoms with Gasteiger partial charge in [0.05, 0.1) is 11.2 Å². The van der Waals surface area contributed by atoms with Gasteiger partial charge in [0, 0.05) is 12.5 Å². The van der Waals surface area contributed by atoms with Crippen molar-refractivity contribution in [3.05, 3.63) is 41.6 Å². The highest BCUT2D eigenvalue weighted by atomic mass is 32.1. The van der Waals surface area contributed by atoms with E-state index in [9.17, 15) is 9.59 Å². The number of amides is 1. The van der Waals surface area contributed by atoms with Gasteiger partial charge in [0.1, 0.15) is 10.8 Å². The number of aromatic nitrogens is 1. The number of hydrogen-bond donors (Lipinski definition) is 2. The SMILES string of the molecule is CC(=O)Oc1ccc(C(=O)Nc2cc(C(C)(C)N)ns2)cc1. The van der Waals surface area contributed by atoms with Crippen molar-refractivity contribution in [3.63, 3.8) is 0 Å². The van der Waals surface area contributed by atoms with Crippen LogP contribution in [-0.4, -0.2) is 16.3 Å². The predicted octanol–water partition coefficient (Wildman–Crippen LogP) is 2.51. The molecule has 1 amide bonds. The first kappa shape index (κ1) is 16.1. The third-order valence-electron chi connectivity index (χ3n) is 2.79. The van der Waals surface area contributed by atoms with Crippen molar-refractivity contribution in [2.24, 2.45) is 5.73 Å². The lowest BCUT2D eigenvalue weighted by Gasteiger charge is -2.14. The maximum absolute atomic E-state index is 12.1. The van der Waals surface area contributed by atoms with Gasteiger partial charge in [-0.1, -0.05) is 0 Å². The predicted molar refractivity (Wildman–Crippen MR) is 85.0 cm³/mol. The number of anilines is 1. The lowest BCUT2D eigenvalue weighted by Crippen LogP contribution is -2.28. The molecule has 6 nitrogen and oxygen atoms in total. The highest BCUT2D eigenvalue weighted by Crippen LogP contribution is 2.24. The first-order valence-corrected chi connectivity index (χ1v) is 7.39. The van der Waals surface area contributed by atoms with Gasteiger partial charge >= 0.3 is 5.97 Å². The van der Waals surface area contributed by atoms with E-state index in [2.05, 4.69) is 9.69 Å². The van der Waals surface area contributed by atoms with Crippen LogP contribution in [0, 0.1) is 0 Å². The molecule has 1 heterocycles. The van der Waals surface area contributed by atoms with Gasteiger partial charge < -0.3 is 15.8 Å². The zero-order valence-electron chi connectivity index (χ0n) is 12.5. The van der Waals surface area contributed by atoms with Crippen molar-refractivity contribution >= 4 is 28.4 Å². The highest BCUT2D eigenvalue weighted by molar-refractivity contribution is 7.10. The summed E-state index contributed by atoms with van der Waals surface area (Å²) in [6.45, 7) is 5.02. The van der Waals surface area contributed by atoms with Gasteiger partial charge in [0.25, 0.3) is 5.91 Å². The number of nitrogens with one attached hydrogen (secondary N) is 1. The molecule has 0 bridgehead atoms. The molecule has 116 valence electrons. The molecule has 0 radical (unpaired) electrons. The van der Waals surface area contributed by atoms with E-state index < -0.39 is 11.5 Å². The van der Waals surface area contributed by atoms with Gasteiger partial charge in [-0.3, -0.25) is 9.59 Å². The van der Waals surface area contributed by atoms with Crippen LogP contribution in [0.1, 0.15) is 36.8 Å². The number of nitrogens with zero attached hydrogens (tertiary/aromatic N) is 1. The van der Waals surface area contributed by atoms with Crippen molar-refractivity contribution in [1.82, 2.24) is 4.37 Å². The van der Waals surface area contributed by atoms with Gasteiger partial charge in [-0.25, -0.2) is 0 Å². The Labute approximate surface area is 132 Å². The Bertz CT molecular complexity index is 687. The number of rotatable bonds is 4. The van der Waals surface area contributed by atoms with Crippen LogP contribution in [0.2, 0.25) is 0 Å². The molecule has 0 saturated heterocycles. The Kier molecular flexibility index (Phi) is 4.58. The minimum atomic E-state index is -0.550. The molecule has 0 unspecified atom stereocenters. The van der Waals surface area contributed by atoms with Crippen LogP contribution in [0.25, 0.3) is 0 Å². The van der Waals surface area contributed by atoms with Gasteiger partial charge in [-0.05, 0) is 55.7 Å².